The number of carbonyl (C=O) groups excluding carboxylic acids is 1. The lowest BCUT2D eigenvalue weighted by Crippen LogP contribution is -2.35. The number of hydrazone groups is 1. The van der Waals surface area contributed by atoms with E-state index in [1.807, 2.05) is 51.1 Å². The Labute approximate surface area is 166 Å². The molecule has 0 fully saturated rings. The van der Waals surface area contributed by atoms with Crippen molar-refractivity contribution < 1.29 is 9.53 Å². The summed E-state index contributed by atoms with van der Waals surface area (Å²) in [6.45, 7) is 5.83. The highest BCUT2D eigenvalue weighted by Gasteiger charge is 2.34. The zero-order chi connectivity index (χ0) is 20.0. The number of aryl methyl sites for hydroxylation is 1. The number of amides is 1. The fraction of sp³-hybridized carbons (Fsp3) is 0.200. The third-order valence-corrected chi connectivity index (χ3v) is 5.48. The normalized spacial score (nSPS) is 17.7. The second-order valence-electron chi connectivity index (χ2n) is 6.50. The lowest BCUT2D eigenvalue weighted by atomic mass is 10.1. The highest BCUT2D eigenvalue weighted by atomic mass is 32.2. The van der Waals surface area contributed by atoms with E-state index in [2.05, 4.69) is 14.7 Å². The Hall–Kier alpha value is -3.13. The molecule has 0 bridgehead atoms. The number of rotatable bonds is 3. The SMILES string of the molecule is COc1ccc(-n2c(C)cc(/C=C3\C(=N)N4N=C(C)SC4=NC3=O)c2C)cc1. The summed E-state index contributed by atoms with van der Waals surface area (Å²) in [6.07, 6.45) is 1.72. The van der Waals surface area contributed by atoms with Gasteiger partial charge in [-0.1, -0.05) is 0 Å². The Morgan fingerprint density at radius 3 is 2.57 bits per heavy atom. The van der Waals surface area contributed by atoms with E-state index in [0.29, 0.717) is 5.17 Å². The molecule has 1 amide bonds. The molecule has 1 aromatic heterocycles. The van der Waals surface area contributed by atoms with Crippen LogP contribution in [0.4, 0.5) is 0 Å². The standard InChI is InChI=1S/C20H19N5O2S/c1-11-9-14(12(2)24(11)15-5-7-16(27-4)8-6-15)10-17-18(21)25-20(22-19(17)26)28-13(3)23-25/h5-10,21H,1-4H3/b17-10+,21-18?. The molecule has 0 radical (unpaired) electrons. The average Bonchev–Trinajstić information content (AvgIpc) is 3.17. The molecule has 0 aliphatic carbocycles. The van der Waals surface area contributed by atoms with Gasteiger partial charge in [-0.15, -0.1) is 0 Å². The summed E-state index contributed by atoms with van der Waals surface area (Å²) in [5.41, 5.74) is 4.10. The van der Waals surface area contributed by atoms with Gasteiger partial charge >= 0.3 is 0 Å². The molecule has 2 aliphatic rings. The van der Waals surface area contributed by atoms with Gasteiger partial charge in [0, 0.05) is 17.1 Å². The van der Waals surface area contributed by atoms with Crippen LogP contribution in [0.3, 0.4) is 0 Å². The average molecular weight is 393 g/mol. The van der Waals surface area contributed by atoms with Gasteiger partial charge in [-0.25, -0.2) is 0 Å². The van der Waals surface area contributed by atoms with Crippen LogP contribution in [-0.4, -0.2) is 38.6 Å². The van der Waals surface area contributed by atoms with Crippen LogP contribution < -0.4 is 4.74 Å². The van der Waals surface area contributed by atoms with Crippen LogP contribution in [-0.2, 0) is 4.79 Å². The van der Waals surface area contributed by atoms with Crippen molar-refractivity contribution in [3.63, 3.8) is 0 Å². The molecule has 0 unspecified atom stereocenters. The van der Waals surface area contributed by atoms with E-state index in [0.717, 1.165) is 33.4 Å². The van der Waals surface area contributed by atoms with Crippen molar-refractivity contribution in [1.29, 1.82) is 5.41 Å². The van der Waals surface area contributed by atoms with Gasteiger partial charge in [0.2, 0.25) is 5.17 Å². The minimum atomic E-state index is -0.414. The molecule has 3 heterocycles. The summed E-state index contributed by atoms with van der Waals surface area (Å²) in [5, 5.41) is 15.3. The minimum absolute atomic E-state index is 0.0496. The van der Waals surface area contributed by atoms with Crippen LogP contribution in [0.1, 0.15) is 23.9 Å². The van der Waals surface area contributed by atoms with E-state index >= 15 is 0 Å². The Balaban J connectivity index is 1.74. The quantitative estimate of drug-likeness (QED) is 0.805. The second kappa shape index (κ2) is 6.79. The van der Waals surface area contributed by atoms with Gasteiger partial charge in [0.15, 0.2) is 5.84 Å². The highest BCUT2D eigenvalue weighted by Crippen LogP contribution is 2.29. The molecule has 1 aromatic carbocycles. The lowest BCUT2D eigenvalue weighted by molar-refractivity contribution is -0.114. The highest BCUT2D eigenvalue weighted by molar-refractivity contribution is 8.26. The molecule has 0 saturated carbocycles. The number of hydrogen-bond donors (Lipinski definition) is 1. The van der Waals surface area contributed by atoms with E-state index < -0.39 is 5.91 Å². The van der Waals surface area contributed by atoms with Crippen molar-refractivity contribution in [3.05, 3.63) is 52.9 Å². The van der Waals surface area contributed by atoms with Crippen LogP contribution in [0.15, 0.2) is 46.0 Å². The first-order valence-corrected chi connectivity index (χ1v) is 9.51. The molecule has 4 rings (SSSR count). The third kappa shape index (κ3) is 2.95. The Kier molecular flexibility index (Phi) is 4.43. The number of ether oxygens (including phenoxy) is 1. The summed E-state index contributed by atoms with van der Waals surface area (Å²) in [4.78, 5) is 16.6. The Morgan fingerprint density at radius 1 is 1.18 bits per heavy atom. The van der Waals surface area contributed by atoms with Crippen LogP contribution in [0.25, 0.3) is 11.8 Å². The molecule has 2 aromatic rings. The molecule has 0 spiro atoms. The van der Waals surface area contributed by atoms with E-state index in [1.165, 1.54) is 16.8 Å². The van der Waals surface area contributed by atoms with Gasteiger partial charge in [0.1, 0.15) is 5.75 Å². The van der Waals surface area contributed by atoms with Crippen molar-refractivity contribution in [2.24, 2.45) is 10.1 Å². The number of aromatic nitrogens is 1. The van der Waals surface area contributed by atoms with Gasteiger partial charge in [0.25, 0.3) is 5.91 Å². The summed E-state index contributed by atoms with van der Waals surface area (Å²) >= 11 is 1.30. The third-order valence-electron chi connectivity index (χ3n) is 4.66. The minimum Gasteiger partial charge on any atom is -0.497 e. The second-order valence-corrected chi connectivity index (χ2v) is 7.66. The molecule has 2 aliphatic heterocycles. The maximum Gasteiger partial charge on any atom is 0.283 e. The van der Waals surface area contributed by atoms with Crippen LogP contribution >= 0.6 is 11.8 Å². The number of nitrogens with one attached hydrogen (secondary N) is 1. The molecular weight excluding hydrogens is 374 g/mol. The first-order valence-electron chi connectivity index (χ1n) is 8.69. The fourth-order valence-corrected chi connectivity index (χ4v) is 4.04. The van der Waals surface area contributed by atoms with Gasteiger partial charge in [0.05, 0.1) is 17.7 Å². The monoisotopic (exact) mass is 393 g/mol. The maximum atomic E-state index is 12.5. The Morgan fingerprint density at radius 2 is 1.89 bits per heavy atom. The number of fused-ring (bicyclic) bond motifs is 1. The number of amidine groups is 2. The van der Waals surface area contributed by atoms with Gasteiger partial charge in [-0.05, 0) is 74.5 Å². The van der Waals surface area contributed by atoms with Crippen molar-refractivity contribution in [1.82, 2.24) is 9.58 Å². The topological polar surface area (TPSA) is 83.0 Å². The molecule has 28 heavy (non-hydrogen) atoms. The molecule has 0 saturated heterocycles. The summed E-state index contributed by atoms with van der Waals surface area (Å²) in [6, 6.07) is 9.79. The van der Waals surface area contributed by atoms with Crippen LogP contribution in [0, 0.1) is 19.3 Å². The fourth-order valence-electron chi connectivity index (χ4n) is 3.31. The van der Waals surface area contributed by atoms with Crippen LogP contribution in [0.5, 0.6) is 5.75 Å². The van der Waals surface area contributed by atoms with E-state index in [9.17, 15) is 4.79 Å². The lowest BCUT2D eigenvalue weighted by Gasteiger charge is -2.20. The number of nitrogens with zero attached hydrogens (tertiary/aromatic N) is 4. The molecule has 142 valence electrons. The van der Waals surface area contributed by atoms with E-state index in [1.54, 1.807) is 13.2 Å². The summed E-state index contributed by atoms with van der Waals surface area (Å²) in [5.74, 6) is 0.430. The van der Waals surface area contributed by atoms with Crippen molar-refractivity contribution in [3.8, 4) is 11.4 Å². The van der Waals surface area contributed by atoms with E-state index in [-0.39, 0.29) is 11.4 Å². The summed E-state index contributed by atoms with van der Waals surface area (Å²) < 4.78 is 7.33. The molecule has 8 heteroatoms. The number of hydrogen-bond acceptors (Lipinski definition) is 5. The first-order chi connectivity index (χ1) is 13.4. The zero-order valence-corrected chi connectivity index (χ0v) is 16.8. The predicted molar refractivity (Wildman–Crippen MR) is 112 cm³/mol. The smallest absolute Gasteiger partial charge is 0.283 e. The number of thioether (sulfide) groups is 1. The first kappa shape index (κ1) is 18.2. The predicted octanol–water partition coefficient (Wildman–Crippen LogP) is 3.74. The van der Waals surface area contributed by atoms with Gasteiger partial charge in [-0.2, -0.15) is 15.1 Å². The van der Waals surface area contributed by atoms with Gasteiger partial charge < -0.3 is 9.30 Å². The molecule has 0 atom stereocenters. The summed E-state index contributed by atoms with van der Waals surface area (Å²) in [7, 11) is 1.64. The van der Waals surface area contributed by atoms with E-state index in [4.69, 9.17) is 10.1 Å². The number of benzene rings is 1. The van der Waals surface area contributed by atoms with Gasteiger partial charge in [-0.3, -0.25) is 10.2 Å². The number of aliphatic imine (C=N–C) groups is 1. The van der Waals surface area contributed by atoms with Crippen molar-refractivity contribution in [2.45, 2.75) is 20.8 Å². The zero-order valence-electron chi connectivity index (χ0n) is 16.0. The van der Waals surface area contributed by atoms with Crippen LogP contribution in [0.2, 0.25) is 0 Å². The molecular formula is C20H19N5O2S. The Bertz CT molecular complexity index is 1090. The number of methoxy groups -OCH3 is 1. The maximum absolute atomic E-state index is 12.5. The molecule has 1 N–H and O–H groups in total. The number of carbonyl (C=O) groups is 1. The van der Waals surface area contributed by atoms with Crippen molar-refractivity contribution >= 4 is 39.8 Å². The largest absolute Gasteiger partial charge is 0.497 e. The molecule has 7 nitrogen and oxygen atoms in total. The van der Waals surface area contributed by atoms with Crippen molar-refractivity contribution in [2.75, 3.05) is 7.11 Å².